The number of oxime groups is 1. The molecule has 0 aromatic heterocycles. The van der Waals surface area contributed by atoms with Gasteiger partial charge in [-0.05, 0) is 13.5 Å². The van der Waals surface area contributed by atoms with E-state index in [0.29, 0.717) is 5.92 Å². The van der Waals surface area contributed by atoms with Gasteiger partial charge >= 0.3 is 0 Å². The van der Waals surface area contributed by atoms with Crippen molar-refractivity contribution in [2.75, 3.05) is 20.1 Å². The Bertz CT molecular complexity index is 156. The normalized spacial score (nSPS) is 31.1. The molecule has 0 saturated carbocycles. The lowest BCUT2D eigenvalue weighted by molar-refractivity contribution is 0.265. The van der Waals surface area contributed by atoms with Crippen LogP contribution in [-0.2, 0) is 0 Å². The quantitative estimate of drug-likeness (QED) is 0.457. The molecule has 1 heterocycles. The van der Waals surface area contributed by atoms with Crippen molar-refractivity contribution in [1.82, 2.24) is 4.90 Å². The number of hydrogen-bond acceptors (Lipinski definition) is 3. The number of nitrogens with zero attached hydrogens (tertiary/aromatic N) is 2. The van der Waals surface area contributed by atoms with Crippen LogP contribution < -0.4 is 0 Å². The molecule has 1 unspecified atom stereocenters. The second kappa shape index (κ2) is 3.72. The molecule has 1 atom stereocenters. The molecule has 0 aliphatic carbocycles. The molecule has 1 N–H and O–H groups in total. The van der Waals surface area contributed by atoms with Crippen LogP contribution in [0.1, 0.15) is 19.8 Å². The lowest BCUT2D eigenvalue weighted by atomic mass is 9.94. The van der Waals surface area contributed by atoms with Crippen molar-refractivity contribution in [2.24, 2.45) is 11.1 Å². The molecule has 1 aliphatic heterocycles. The highest BCUT2D eigenvalue weighted by Gasteiger charge is 2.21. The van der Waals surface area contributed by atoms with Crippen LogP contribution in [0.25, 0.3) is 0 Å². The van der Waals surface area contributed by atoms with Crippen molar-refractivity contribution in [3.8, 4) is 0 Å². The summed E-state index contributed by atoms with van der Waals surface area (Å²) in [5.41, 5.74) is 0.977. The minimum atomic E-state index is 0.471. The fourth-order valence-corrected chi connectivity index (χ4v) is 1.58. The molecule has 3 nitrogen and oxygen atoms in total. The Labute approximate surface area is 67.7 Å². The minimum Gasteiger partial charge on any atom is -0.411 e. The zero-order chi connectivity index (χ0) is 8.27. The highest BCUT2D eigenvalue weighted by molar-refractivity contribution is 5.87. The predicted molar refractivity (Wildman–Crippen MR) is 45.1 cm³/mol. The zero-order valence-electron chi connectivity index (χ0n) is 7.25. The largest absolute Gasteiger partial charge is 0.411 e. The molecule has 11 heavy (non-hydrogen) atoms. The van der Waals surface area contributed by atoms with Crippen molar-refractivity contribution >= 4 is 5.71 Å². The van der Waals surface area contributed by atoms with Crippen LogP contribution in [0.2, 0.25) is 0 Å². The smallest absolute Gasteiger partial charge is 0.0627 e. The SMILES string of the molecule is CCC1CN(C)CCC1=NO. The van der Waals surface area contributed by atoms with Crippen molar-refractivity contribution < 1.29 is 5.21 Å². The van der Waals surface area contributed by atoms with Crippen LogP contribution in [0, 0.1) is 5.92 Å². The summed E-state index contributed by atoms with van der Waals surface area (Å²) < 4.78 is 0. The van der Waals surface area contributed by atoms with E-state index in [-0.39, 0.29) is 0 Å². The van der Waals surface area contributed by atoms with E-state index in [9.17, 15) is 0 Å². The molecule has 1 rings (SSSR count). The van der Waals surface area contributed by atoms with Gasteiger partial charge in [0.1, 0.15) is 0 Å². The fourth-order valence-electron chi connectivity index (χ4n) is 1.58. The molecular weight excluding hydrogens is 140 g/mol. The number of hydrogen-bond donors (Lipinski definition) is 1. The van der Waals surface area contributed by atoms with Gasteiger partial charge in [0.05, 0.1) is 5.71 Å². The third-order valence-corrected chi connectivity index (χ3v) is 2.37. The molecule has 0 bridgehead atoms. The lowest BCUT2D eigenvalue weighted by Gasteiger charge is -2.29. The monoisotopic (exact) mass is 156 g/mol. The topological polar surface area (TPSA) is 35.8 Å². The van der Waals surface area contributed by atoms with Gasteiger partial charge in [-0.2, -0.15) is 0 Å². The van der Waals surface area contributed by atoms with Crippen LogP contribution in [0.4, 0.5) is 0 Å². The third kappa shape index (κ3) is 1.93. The van der Waals surface area contributed by atoms with E-state index in [1.54, 1.807) is 0 Å². The lowest BCUT2D eigenvalue weighted by Crippen LogP contribution is -2.38. The van der Waals surface area contributed by atoms with Crippen LogP contribution in [0.15, 0.2) is 5.16 Å². The maximum atomic E-state index is 8.65. The Morgan fingerprint density at radius 2 is 2.45 bits per heavy atom. The molecule has 0 aromatic rings. The van der Waals surface area contributed by atoms with Crippen LogP contribution in [0.5, 0.6) is 0 Å². The summed E-state index contributed by atoms with van der Waals surface area (Å²) in [5, 5.41) is 12.0. The van der Waals surface area contributed by atoms with Crippen LogP contribution in [0.3, 0.4) is 0 Å². The summed E-state index contributed by atoms with van der Waals surface area (Å²) >= 11 is 0. The maximum Gasteiger partial charge on any atom is 0.0627 e. The van der Waals surface area contributed by atoms with Gasteiger partial charge in [-0.25, -0.2) is 0 Å². The van der Waals surface area contributed by atoms with Crippen molar-refractivity contribution in [1.29, 1.82) is 0 Å². The summed E-state index contributed by atoms with van der Waals surface area (Å²) in [4.78, 5) is 2.28. The second-order valence-corrected chi connectivity index (χ2v) is 3.21. The Morgan fingerprint density at radius 3 is 3.00 bits per heavy atom. The van der Waals surface area contributed by atoms with Gasteiger partial charge in [0.2, 0.25) is 0 Å². The summed E-state index contributed by atoms with van der Waals surface area (Å²) in [6.07, 6.45) is 2.00. The average Bonchev–Trinajstić information content (AvgIpc) is 2.04. The minimum absolute atomic E-state index is 0.471. The van der Waals surface area contributed by atoms with Gasteiger partial charge in [-0.15, -0.1) is 0 Å². The van der Waals surface area contributed by atoms with Crippen molar-refractivity contribution in [3.63, 3.8) is 0 Å². The average molecular weight is 156 g/mol. The molecule has 1 fully saturated rings. The van der Waals surface area contributed by atoms with Gasteiger partial charge in [0.25, 0.3) is 0 Å². The Kier molecular flexibility index (Phi) is 2.88. The van der Waals surface area contributed by atoms with E-state index in [0.717, 1.165) is 31.6 Å². The highest BCUT2D eigenvalue weighted by atomic mass is 16.4. The van der Waals surface area contributed by atoms with Crippen LogP contribution in [-0.4, -0.2) is 36.0 Å². The molecule has 1 aliphatic rings. The van der Waals surface area contributed by atoms with E-state index in [1.165, 1.54) is 0 Å². The number of likely N-dealkylation sites (tertiary alicyclic amines) is 1. The molecule has 3 heteroatoms. The number of rotatable bonds is 1. The molecule has 0 amide bonds. The molecule has 0 radical (unpaired) electrons. The van der Waals surface area contributed by atoms with Gasteiger partial charge in [0.15, 0.2) is 0 Å². The first kappa shape index (κ1) is 8.53. The molecular formula is C8H16N2O. The number of piperidine rings is 1. The molecule has 1 saturated heterocycles. The second-order valence-electron chi connectivity index (χ2n) is 3.21. The maximum absolute atomic E-state index is 8.65. The summed E-state index contributed by atoms with van der Waals surface area (Å²) in [5.74, 6) is 0.471. The molecule has 0 spiro atoms. The first-order valence-electron chi connectivity index (χ1n) is 4.17. The van der Waals surface area contributed by atoms with Crippen molar-refractivity contribution in [3.05, 3.63) is 0 Å². The standard InChI is InChI=1S/C8H16N2O/c1-3-7-6-10(2)5-4-8(7)9-11/h7,11H,3-6H2,1-2H3. The van der Waals surface area contributed by atoms with E-state index in [1.807, 2.05) is 0 Å². The third-order valence-electron chi connectivity index (χ3n) is 2.37. The zero-order valence-corrected chi connectivity index (χ0v) is 7.25. The Morgan fingerprint density at radius 1 is 1.73 bits per heavy atom. The van der Waals surface area contributed by atoms with Crippen LogP contribution >= 0.6 is 0 Å². The van der Waals surface area contributed by atoms with Crippen molar-refractivity contribution in [2.45, 2.75) is 19.8 Å². The molecule has 0 aromatic carbocycles. The summed E-state index contributed by atoms with van der Waals surface area (Å²) in [6.45, 7) is 4.20. The van der Waals surface area contributed by atoms with E-state index >= 15 is 0 Å². The van der Waals surface area contributed by atoms with E-state index in [2.05, 4.69) is 24.0 Å². The van der Waals surface area contributed by atoms with Gasteiger partial charge in [-0.1, -0.05) is 12.1 Å². The van der Waals surface area contributed by atoms with Gasteiger partial charge in [0, 0.05) is 25.4 Å². The Hall–Kier alpha value is -0.570. The van der Waals surface area contributed by atoms with E-state index < -0.39 is 0 Å². The fraction of sp³-hybridized carbons (Fsp3) is 0.875. The van der Waals surface area contributed by atoms with Gasteiger partial charge in [-0.3, -0.25) is 0 Å². The predicted octanol–water partition coefficient (Wildman–Crippen LogP) is 1.18. The van der Waals surface area contributed by atoms with E-state index in [4.69, 9.17) is 5.21 Å². The summed E-state index contributed by atoms with van der Waals surface area (Å²) in [6, 6.07) is 0. The highest BCUT2D eigenvalue weighted by Crippen LogP contribution is 2.15. The van der Waals surface area contributed by atoms with Gasteiger partial charge < -0.3 is 10.1 Å². The Balaban J connectivity index is 2.55. The molecule has 64 valence electrons. The summed E-state index contributed by atoms with van der Waals surface area (Å²) in [7, 11) is 2.11. The first-order valence-corrected chi connectivity index (χ1v) is 4.17. The first-order chi connectivity index (χ1) is 5.27.